The molecule has 0 unspecified atom stereocenters. The van der Waals surface area contributed by atoms with Gasteiger partial charge in [0.15, 0.2) is 5.70 Å². The number of ether oxygens (including phenoxy) is 1. The van der Waals surface area contributed by atoms with Crippen molar-refractivity contribution in [3.63, 3.8) is 0 Å². The second-order valence-electron chi connectivity index (χ2n) is 5.14. The molecule has 0 saturated carbocycles. The van der Waals surface area contributed by atoms with Crippen LogP contribution in [0.3, 0.4) is 0 Å². The molecule has 2 aromatic rings. The fourth-order valence-electron chi connectivity index (χ4n) is 2.62. The van der Waals surface area contributed by atoms with Gasteiger partial charge in [-0.05, 0) is 39.3 Å². The number of nitrogens with zero attached hydrogens (tertiary/aromatic N) is 1. The summed E-state index contributed by atoms with van der Waals surface area (Å²) in [5.41, 5.74) is 4.02. The van der Waals surface area contributed by atoms with E-state index >= 15 is 0 Å². The van der Waals surface area contributed by atoms with E-state index in [4.69, 9.17) is 4.74 Å². The molecule has 0 atom stereocenters. The Hall–Kier alpha value is -2.49. The van der Waals surface area contributed by atoms with Crippen molar-refractivity contribution < 1.29 is 14.6 Å². The molecule has 0 spiro atoms. The van der Waals surface area contributed by atoms with Crippen molar-refractivity contribution in [3.05, 3.63) is 53.5 Å². The molecule has 4 heteroatoms. The Morgan fingerprint density at radius 2 is 1.86 bits per heavy atom. The zero-order valence-corrected chi connectivity index (χ0v) is 13.4. The van der Waals surface area contributed by atoms with Gasteiger partial charge in [-0.1, -0.05) is 30.3 Å². The standard InChI is InChI=1S/C18H21NO3/c1-5-22-18(21)17(14(4)20)19-12(2)11-16(13(19)3)15-9-7-6-8-10-15/h6-11,20H,5H2,1-4H3/b17-14+. The van der Waals surface area contributed by atoms with Gasteiger partial charge in [-0.15, -0.1) is 0 Å². The van der Waals surface area contributed by atoms with Crippen LogP contribution >= 0.6 is 0 Å². The molecule has 4 nitrogen and oxygen atoms in total. The minimum atomic E-state index is -0.524. The minimum absolute atomic E-state index is 0.0557. The first-order valence-electron chi connectivity index (χ1n) is 7.29. The summed E-state index contributed by atoms with van der Waals surface area (Å²) < 4.78 is 6.81. The molecular weight excluding hydrogens is 278 g/mol. The Kier molecular flexibility index (Phi) is 4.71. The number of aliphatic hydroxyl groups excluding tert-OH is 1. The zero-order chi connectivity index (χ0) is 16.3. The summed E-state index contributed by atoms with van der Waals surface area (Å²) in [6, 6.07) is 12.0. The number of benzene rings is 1. The maximum atomic E-state index is 12.2. The summed E-state index contributed by atoms with van der Waals surface area (Å²) in [7, 11) is 0. The number of hydrogen-bond acceptors (Lipinski definition) is 3. The van der Waals surface area contributed by atoms with Crippen molar-refractivity contribution in [3.8, 4) is 11.1 Å². The van der Waals surface area contributed by atoms with Crippen molar-refractivity contribution in [2.45, 2.75) is 27.7 Å². The van der Waals surface area contributed by atoms with Crippen LogP contribution in [-0.2, 0) is 9.53 Å². The van der Waals surface area contributed by atoms with Crippen molar-refractivity contribution in [1.29, 1.82) is 0 Å². The van der Waals surface area contributed by atoms with E-state index in [1.807, 2.05) is 50.2 Å². The van der Waals surface area contributed by atoms with E-state index in [1.165, 1.54) is 6.92 Å². The smallest absolute Gasteiger partial charge is 0.358 e. The van der Waals surface area contributed by atoms with Gasteiger partial charge < -0.3 is 14.4 Å². The number of carbonyl (C=O) groups is 1. The highest BCUT2D eigenvalue weighted by atomic mass is 16.5. The Morgan fingerprint density at radius 1 is 1.23 bits per heavy atom. The summed E-state index contributed by atoms with van der Waals surface area (Å²) in [6.07, 6.45) is 0. The number of hydrogen-bond donors (Lipinski definition) is 1. The largest absolute Gasteiger partial charge is 0.510 e. The summed E-state index contributed by atoms with van der Waals surface area (Å²) in [6.45, 7) is 7.33. The maximum Gasteiger partial charge on any atom is 0.358 e. The van der Waals surface area contributed by atoms with E-state index in [0.29, 0.717) is 0 Å². The van der Waals surface area contributed by atoms with Crippen LogP contribution in [0.15, 0.2) is 42.2 Å². The monoisotopic (exact) mass is 299 g/mol. The van der Waals surface area contributed by atoms with Crippen molar-refractivity contribution >= 4 is 11.7 Å². The van der Waals surface area contributed by atoms with E-state index in [1.54, 1.807) is 11.5 Å². The van der Waals surface area contributed by atoms with Gasteiger partial charge in [0.1, 0.15) is 5.76 Å². The van der Waals surface area contributed by atoms with Gasteiger partial charge in [-0.25, -0.2) is 4.79 Å². The van der Waals surface area contributed by atoms with Crippen molar-refractivity contribution in [2.75, 3.05) is 6.61 Å². The van der Waals surface area contributed by atoms with Gasteiger partial charge in [0.05, 0.1) is 6.61 Å². The highest BCUT2D eigenvalue weighted by Crippen LogP contribution is 2.30. The molecule has 116 valence electrons. The van der Waals surface area contributed by atoms with Gasteiger partial charge in [-0.3, -0.25) is 0 Å². The molecule has 0 bridgehead atoms. The van der Waals surface area contributed by atoms with Gasteiger partial charge in [0.25, 0.3) is 0 Å². The summed E-state index contributed by atoms with van der Waals surface area (Å²) in [5.74, 6) is -0.580. The summed E-state index contributed by atoms with van der Waals surface area (Å²) in [4.78, 5) is 12.2. The second-order valence-corrected chi connectivity index (χ2v) is 5.14. The van der Waals surface area contributed by atoms with Crippen LogP contribution in [0.5, 0.6) is 0 Å². The van der Waals surface area contributed by atoms with E-state index in [9.17, 15) is 9.90 Å². The molecule has 1 N–H and O–H groups in total. The molecule has 2 rings (SSSR count). The normalized spacial score (nSPS) is 12.0. The van der Waals surface area contributed by atoms with Crippen LogP contribution in [-0.4, -0.2) is 22.2 Å². The maximum absolute atomic E-state index is 12.2. The number of aromatic nitrogens is 1. The van der Waals surface area contributed by atoms with Gasteiger partial charge in [-0.2, -0.15) is 0 Å². The lowest BCUT2D eigenvalue weighted by molar-refractivity contribution is -0.136. The summed E-state index contributed by atoms with van der Waals surface area (Å²) in [5, 5.41) is 9.95. The molecule has 1 aromatic carbocycles. The molecule has 0 aliphatic rings. The van der Waals surface area contributed by atoms with Crippen LogP contribution in [0, 0.1) is 13.8 Å². The third-order valence-electron chi connectivity index (χ3n) is 3.55. The highest BCUT2D eigenvalue weighted by molar-refractivity contribution is 6.11. The van der Waals surface area contributed by atoms with Crippen molar-refractivity contribution in [2.24, 2.45) is 0 Å². The Bertz CT molecular complexity index is 707. The lowest BCUT2D eigenvalue weighted by Gasteiger charge is -2.14. The van der Waals surface area contributed by atoms with E-state index in [0.717, 1.165) is 22.5 Å². The SMILES string of the molecule is CCOC(=O)/C(=C(/C)O)n1c(C)cc(-c2ccccc2)c1C. The van der Waals surface area contributed by atoms with Gasteiger partial charge >= 0.3 is 5.97 Å². The number of aryl methyl sites for hydroxylation is 1. The van der Waals surface area contributed by atoms with E-state index in [2.05, 4.69) is 0 Å². The van der Waals surface area contributed by atoms with Crippen LogP contribution < -0.4 is 0 Å². The molecule has 0 aliphatic carbocycles. The Labute approximate surface area is 130 Å². The second kappa shape index (κ2) is 6.52. The number of carbonyl (C=O) groups excluding carboxylic acids is 1. The molecule has 22 heavy (non-hydrogen) atoms. The molecule has 0 saturated heterocycles. The molecule has 1 aromatic heterocycles. The number of esters is 1. The van der Waals surface area contributed by atoms with E-state index < -0.39 is 5.97 Å². The lowest BCUT2D eigenvalue weighted by atomic mass is 10.1. The number of allylic oxidation sites excluding steroid dienone is 1. The fraction of sp³-hybridized carbons (Fsp3) is 0.278. The van der Waals surface area contributed by atoms with Crippen LogP contribution in [0.4, 0.5) is 0 Å². The minimum Gasteiger partial charge on any atom is -0.510 e. The quantitative estimate of drug-likeness (QED) is 0.526. The molecule has 0 amide bonds. The first kappa shape index (κ1) is 15.9. The molecule has 0 fully saturated rings. The molecule has 0 aliphatic heterocycles. The van der Waals surface area contributed by atoms with Gasteiger partial charge in [0, 0.05) is 17.0 Å². The Morgan fingerprint density at radius 3 is 2.41 bits per heavy atom. The first-order chi connectivity index (χ1) is 10.5. The average molecular weight is 299 g/mol. The highest BCUT2D eigenvalue weighted by Gasteiger charge is 2.22. The van der Waals surface area contributed by atoms with Crippen LogP contribution in [0.1, 0.15) is 25.2 Å². The average Bonchev–Trinajstić information content (AvgIpc) is 2.77. The van der Waals surface area contributed by atoms with E-state index in [-0.39, 0.29) is 18.1 Å². The van der Waals surface area contributed by atoms with Gasteiger partial charge in [0.2, 0.25) is 0 Å². The number of aliphatic hydroxyl groups is 1. The predicted octanol–water partition coefficient (Wildman–Crippen LogP) is 4.08. The predicted molar refractivity (Wildman–Crippen MR) is 87.5 cm³/mol. The topological polar surface area (TPSA) is 51.5 Å². The molecular formula is C18H21NO3. The van der Waals surface area contributed by atoms with Crippen LogP contribution in [0.25, 0.3) is 16.8 Å². The Balaban J connectivity index is 2.59. The first-order valence-corrected chi connectivity index (χ1v) is 7.29. The third-order valence-corrected chi connectivity index (χ3v) is 3.55. The lowest BCUT2D eigenvalue weighted by Crippen LogP contribution is -2.16. The van der Waals surface area contributed by atoms with Crippen molar-refractivity contribution in [1.82, 2.24) is 4.57 Å². The summed E-state index contributed by atoms with van der Waals surface area (Å²) >= 11 is 0. The fourth-order valence-corrected chi connectivity index (χ4v) is 2.62. The molecule has 1 heterocycles. The molecule has 0 radical (unpaired) electrons. The van der Waals surface area contributed by atoms with Crippen LogP contribution in [0.2, 0.25) is 0 Å². The zero-order valence-electron chi connectivity index (χ0n) is 13.4. The third kappa shape index (κ3) is 2.91. The number of rotatable bonds is 4.